The molecule has 0 atom stereocenters. The minimum atomic E-state index is -0.976. The fourth-order valence-corrected chi connectivity index (χ4v) is 4.69. The first-order chi connectivity index (χ1) is 17.8. The standard InChI is InChI=1S/C27H23FN4O5/c28-14-4-6-15(7-5-14)29-27(37)30-16-8-10-20-18(12-16)19(26(36)32-20)13-22-17(9-11-24(34)35)25-21(31-22)2-1-3-23(25)33/h4-8,10,12-13,31H,1-3,9,11H2,(H,32,36)(H,34,35)(H2,29,30,37)/b19-13-. The maximum Gasteiger partial charge on any atom is 0.323 e. The molecule has 1 aliphatic carbocycles. The van der Waals surface area contributed by atoms with E-state index < -0.39 is 17.8 Å². The summed E-state index contributed by atoms with van der Waals surface area (Å²) in [5.41, 5.74) is 4.69. The van der Waals surface area contributed by atoms with Gasteiger partial charge in [0.05, 0.1) is 5.57 Å². The minimum absolute atomic E-state index is 0.0301. The van der Waals surface area contributed by atoms with Gasteiger partial charge in [0.1, 0.15) is 5.82 Å². The smallest absolute Gasteiger partial charge is 0.323 e. The number of aromatic amines is 1. The van der Waals surface area contributed by atoms with Gasteiger partial charge in [-0.1, -0.05) is 0 Å². The zero-order chi connectivity index (χ0) is 26.1. The number of carbonyl (C=O) groups is 4. The molecule has 0 fully saturated rings. The highest BCUT2D eigenvalue weighted by atomic mass is 19.1. The quantitative estimate of drug-likeness (QED) is 0.307. The molecule has 5 N–H and O–H groups in total. The van der Waals surface area contributed by atoms with Crippen LogP contribution >= 0.6 is 0 Å². The van der Waals surface area contributed by atoms with E-state index in [1.54, 1.807) is 24.3 Å². The van der Waals surface area contributed by atoms with Gasteiger partial charge in [0.2, 0.25) is 0 Å². The van der Waals surface area contributed by atoms with E-state index in [-0.39, 0.29) is 24.5 Å². The number of hydrogen-bond acceptors (Lipinski definition) is 4. The van der Waals surface area contributed by atoms with Crippen LogP contribution in [0.5, 0.6) is 0 Å². The minimum Gasteiger partial charge on any atom is -0.481 e. The molecule has 5 rings (SSSR count). The third kappa shape index (κ3) is 4.99. The van der Waals surface area contributed by atoms with E-state index in [0.717, 1.165) is 5.69 Å². The number of anilines is 3. The van der Waals surface area contributed by atoms with Gasteiger partial charge in [-0.3, -0.25) is 14.4 Å². The molecule has 3 amide bonds. The number of aryl methyl sites for hydroxylation is 1. The SMILES string of the molecule is O=C(O)CCc1c(/C=C2\C(=O)Nc3ccc(NC(=O)Nc4ccc(F)cc4)cc32)[nH]c2c1C(=O)CCC2. The second-order valence-corrected chi connectivity index (χ2v) is 8.90. The van der Waals surface area contributed by atoms with E-state index in [0.29, 0.717) is 64.3 Å². The van der Waals surface area contributed by atoms with Crippen LogP contribution in [0.1, 0.15) is 52.1 Å². The Bertz CT molecular complexity index is 1470. The number of H-pyrrole nitrogens is 1. The maximum absolute atomic E-state index is 13.1. The Hall–Kier alpha value is -4.73. The van der Waals surface area contributed by atoms with Gasteiger partial charge in [-0.05, 0) is 73.4 Å². The van der Waals surface area contributed by atoms with Gasteiger partial charge in [0.25, 0.3) is 5.91 Å². The van der Waals surface area contributed by atoms with Crippen LogP contribution in [-0.4, -0.2) is 33.8 Å². The summed E-state index contributed by atoms with van der Waals surface area (Å²) in [4.78, 5) is 52.4. The lowest BCUT2D eigenvalue weighted by molar-refractivity contribution is -0.137. The van der Waals surface area contributed by atoms with Crippen molar-refractivity contribution >= 4 is 52.4 Å². The first-order valence-corrected chi connectivity index (χ1v) is 11.8. The predicted octanol–water partition coefficient (Wildman–Crippen LogP) is 4.83. The van der Waals surface area contributed by atoms with Crippen molar-refractivity contribution in [2.75, 3.05) is 16.0 Å². The number of halogens is 1. The Labute approximate surface area is 210 Å². The van der Waals surface area contributed by atoms with Crippen molar-refractivity contribution in [3.8, 4) is 0 Å². The number of Topliss-reactive ketones (excluding diaryl/α,β-unsaturated/α-hetero) is 1. The summed E-state index contributed by atoms with van der Waals surface area (Å²) in [6, 6.07) is 9.74. The summed E-state index contributed by atoms with van der Waals surface area (Å²) in [5.74, 6) is -1.78. The number of benzene rings is 2. The van der Waals surface area contributed by atoms with Crippen molar-refractivity contribution < 1.29 is 28.7 Å². The molecule has 0 radical (unpaired) electrons. The van der Waals surface area contributed by atoms with Crippen LogP contribution in [0.4, 0.5) is 26.2 Å². The molecule has 0 saturated heterocycles. The average Bonchev–Trinajstić information content (AvgIpc) is 3.36. The van der Waals surface area contributed by atoms with E-state index in [2.05, 4.69) is 20.9 Å². The topological polar surface area (TPSA) is 140 Å². The fraction of sp³-hybridized carbons (Fsp3) is 0.185. The van der Waals surface area contributed by atoms with Crippen molar-refractivity contribution in [2.45, 2.75) is 32.1 Å². The summed E-state index contributed by atoms with van der Waals surface area (Å²) in [6.07, 6.45) is 3.43. The molecule has 0 saturated carbocycles. The van der Waals surface area contributed by atoms with Crippen molar-refractivity contribution in [3.05, 3.63) is 76.4 Å². The summed E-state index contributed by atoms with van der Waals surface area (Å²) in [7, 11) is 0. The normalized spacial score (nSPS) is 15.2. The molecule has 0 unspecified atom stereocenters. The largest absolute Gasteiger partial charge is 0.481 e. The summed E-state index contributed by atoms with van der Waals surface area (Å²) in [6.45, 7) is 0. The van der Waals surface area contributed by atoms with Gasteiger partial charge >= 0.3 is 12.0 Å². The van der Waals surface area contributed by atoms with E-state index in [1.807, 2.05) is 0 Å². The fourth-order valence-electron chi connectivity index (χ4n) is 4.69. The Balaban J connectivity index is 1.45. The third-order valence-corrected chi connectivity index (χ3v) is 6.36. The monoisotopic (exact) mass is 502 g/mol. The number of aliphatic carboxylic acids is 1. The van der Waals surface area contributed by atoms with Gasteiger partial charge in [-0.15, -0.1) is 0 Å². The van der Waals surface area contributed by atoms with E-state index in [9.17, 15) is 28.7 Å². The molecule has 1 aromatic heterocycles. The molecular formula is C27H23FN4O5. The zero-order valence-electron chi connectivity index (χ0n) is 19.6. The number of carboxylic acids is 1. The van der Waals surface area contributed by atoms with Crippen LogP contribution in [0.15, 0.2) is 42.5 Å². The summed E-state index contributed by atoms with van der Waals surface area (Å²) < 4.78 is 13.1. The molecule has 0 spiro atoms. The highest BCUT2D eigenvalue weighted by molar-refractivity contribution is 6.35. The van der Waals surface area contributed by atoms with Gasteiger partial charge in [0, 0.05) is 52.4 Å². The van der Waals surface area contributed by atoms with Crippen molar-refractivity contribution in [3.63, 3.8) is 0 Å². The van der Waals surface area contributed by atoms with Gasteiger partial charge in [-0.2, -0.15) is 0 Å². The number of rotatable bonds is 6. The Morgan fingerprint density at radius 3 is 2.51 bits per heavy atom. The first-order valence-electron chi connectivity index (χ1n) is 11.8. The van der Waals surface area contributed by atoms with Gasteiger partial charge in [0.15, 0.2) is 5.78 Å². The molecule has 1 aliphatic heterocycles. The molecule has 2 aliphatic rings. The number of hydrogen-bond donors (Lipinski definition) is 5. The maximum atomic E-state index is 13.1. The lowest BCUT2D eigenvalue weighted by atomic mass is 9.91. The molecule has 188 valence electrons. The van der Waals surface area contributed by atoms with Crippen LogP contribution < -0.4 is 16.0 Å². The lowest BCUT2D eigenvalue weighted by Gasteiger charge is -2.11. The van der Waals surface area contributed by atoms with Crippen molar-refractivity contribution in [2.24, 2.45) is 0 Å². The number of amides is 3. The van der Waals surface area contributed by atoms with E-state index >= 15 is 0 Å². The molecule has 2 aromatic carbocycles. The molecule has 37 heavy (non-hydrogen) atoms. The van der Waals surface area contributed by atoms with Crippen LogP contribution in [-0.2, 0) is 22.4 Å². The molecule has 9 nitrogen and oxygen atoms in total. The zero-order valence-corrected chi connectivity index (χ0v) is 19.6. The Morgan fingerprint density at radius 2 is 1.76 bits per heavy atom. The lowest BCUT2D eigenvalue weighted by Crippen LogP contribution is -2.19. The summed E-state index contributed by atoms with van der Waals surface area (Å²) in [5, 5.41) is 17.3. The number of ketones is 1. The van der Waals surface area contributed by atoms with Crippen LogP contribution in [0.3, 0.4) is 0 Å². The molecule has 0 bridgehead atoms. The first kappa shape index (κ1) is 24.0. The Kier molecular flexibility index (Phi) is 6.31. The Morgan fingerprint density at radius 1 is 1.03 bits per heavy atom. The van der Waals surface area contributed by atoms with E-state index in [1.165, 1.54) is 24.3 Å². The van der Waals surface area contributed by atoms with Crippen LogP contribution in [0, 0.1) is 5.82 Å². The van der Waals surface area contributed by atoms with Gasteiger partial charge in [-0.25, -0.2) is 9.18 Å². The van der Waals surface area contributed by atoms with E-state index in [4.69, 9.17) is 0 Å². The van der Waals surface area contributed by atoms with Crippen molar-refractivity contribution in [1.82, 2.24) is 4.98 Å². The van der Waals surface area contributed by atoms with Crippen molar-refractivity contribution in [1.29, 1.82) is 0 Å². The number of carbonyl (C=O) groups excluding carboxylic acids is 3. The van der Waals surface area contributed by atoms with Crippen LogP contribution in [0.25, 0.3) is 11.6 Å². The van der Waals surface area contributed by atoms with Crippen LogP contribution in [0.2, 0.25) is 0 Å². The predicted molar refractivity (Wildman–Crippen MR) is 136 cm³/mol. The number of urea groups is 1. The number of nitrogens with one attached hydrogen (secondary N) is 4. The van der Waals surface area contributed by atoms with Gasteiger partial charge < -0.3 is 26.0 Å². The second kappa shape index (κ2) is 9.73. The highest BCUT2D eigenvalue weighted by Gasteiger charge is 2.29. The number of aromatic nitrogens is 1. The number of fused-ring (bicyclic) bond motifs is 2. The highest BCUT2D eigenvalue weighted by Crippen LogP contribution is 2.37. The number of carboxylic acid groups (broad SMARTS) is 1. The molecule has 2 heterocycles. The summed E-state index contributed by atoms with van der Waals surface area (Å²) >= 11 is 0. The third-order valence-electron chi connectivity index (χ3n) is 6.36. The molecular weight excluding hydrogens is 479 g/mol. The average molecular weight is 503 g/mol. The molecule has 3 aromatic rings. The molecule has 10 heteroatoms. The second-order valence-electron chi connectivity index (χ2n) is 8.90.